The van der Waals surface area contributed by atoms with Crippen LogP contribution in [0.25, 0.3) is 0 Å². The van der Waals surface area contributed by atoms with E-state index in [1.807, 2.05) is 4.90 Å². The fourth-order valence-electron chi connectivity index (χ4n) is 3.36. The zero-order valence-electron chi connectivity index (χ0n) is 18.7. The molecule has 0 spiro atoms. The Morgan fingerprint density at radius 2 is 1.61 bits per heavy atom. The Bertz CT molecular complexity index is 1000. The number of carbonyl (C=O) groups excluding carboxylic acids is 3. The van der Waals surface area contributed by atoms with E-state index < -0.39 is 11.9 Å². The van der Waals surface area contributed by atoms with Crippen molar-refractivity contribution in [3.63, 3.8) is 0 Å². The van der Waals surface area contributed by atoms with Crippen molar-refractivity contribution in [2.75, 3.05) is 63.0 Å². The molecular weight excluding hydrogens is 432 g/mol. The fourth-order valence-corrected chi connectivity index (χ4v) is 3.36. The van der Waals surface area contributed by atoms with Gasteiger partial charge in [-0.15, -0.1) is 0 Å². The van der Waals surface area contributed by atoms with Gasteiger partial charge >= 0.3 is 18.0 Å². The summed E-state index contributed by atoms with van der Waals surface area (Å²) in [5.74, 6) is -0.418. The Morgan fingerprint density at radius 1 is 1.00 bits per heavy atom. The third-order valence-corrected chi connectivity index (χ3v) is 5.01. The van der Waals surface area contributed by atoms with Crippen molar-refractivity contribution in [1.29, 1.82) is 0 Å². The van der Waals surface area contributed by atoms with E-state index >= 15 is 0 Å². The van der Waals surface area contributed by atoms with Crippen molar-refractivity contribution < 1.29 is 28.6 Å². The van der Waals surface area contributed by atoms with Crippen LogP contribution < -0.4 is 16.0 Å². The summed E-state index contributed by atoms with van der Waals surface area (Å²) in [5, 5.41) is 3.03. The first-order valence-corrected chi connectivity index (χ1v) is 10.2. The van der Waals surface area contributed by atoms with Gasteiger partial charge in [-0.25, -0.2) is 24.4 Å². The van der Waals surface area contributed by atoms with Crippen LogP contribution in [0.1, 0.15) is 27.6 Å². The molecule has 12 nitrogen and oxygen atoms in total. The van der Waals surface area contributed by atoms with E-state index in [0.717, 1.165) is 0 Å². The predicted octanol–water partition coefficient (Wildman–Crippen LogP) is 1.65. The minimum atomic E-state index is -0.611. The smallest absolute Gasteiger partial charge is 0.409 e. The van der Waals surface area contributed by atoms with Gasteiger partial charge in [0.15, 0.2) is 11.6 Å². The van der Waals surface area contributed by atoms with Crippen molar-refractivity contribution in [1.82, 2.24) is 14.9 Å². The average Bonchev–Trinajstić information content (AvgIpc) is 2.84. The predicted molar refractivity (Wildman–Crippen MR) is 120 cm³/mol. The van der Waals surface area contributed by atoms with Crippen LogP contribution in [0.2, 0.25) is 0 Å². The number of nitrogens with one attached hydrogen (secondary N) is 1. The van der Waals surface area contributed by atoms with E-state index in [1.165, 1.54) is 38.7 Å². The molecule has 0 aliphatic carbocycles. The van der Waals surface area contributed by atoms with Crippen LogP contribution in [0, 0.1) is 0 Å². The van der Waals surface area contributed by atoms with Crippen LogP contribution in [0.4, 0.5) is 27.8 Å². The monoisotopic (exact) mass is 458 g/mol. The number of benzene rings is 1. The Hall–Kier alpha value is -4.09. The lowest BCUT2D eigenvalue weighted by molar-refractivity contribution is 0.0599. The van der Waals surface area contributed by atoms with Gasteiger partial charge in [-0.2, -0.15) is 0 Å². The van der Waals surface area contributed by atoms with Gasteiger partial charge in [-0.3, -0.25) is 0 Å². The van der Waals surface area contributed by atoms with Gasteiger partial charge in [-0.1, -0.05) is 0 Å². The number of aromatic nitrogens is 2. The molecule has 1 aliphatic heterocycles. The number of anilines is 4. The lowest BCUT2D eigenvalue weighted by atomic mass is 10.1. The summed E-state index contributed by atoms with van der Waals surface area (Å²) in [6.45, 7) is 4.05. The van der Waals surface area contributed by atoms with Crippen molar-refractivity contribution in [3.8, 4) is 0 Å². The standard InChI is InChI=1S/C21H26N6O6/c1-4-33-21(30)27-7-5-26(6-8-27)18-16(22)17(23-12-24-18)25-15-10-13(19(28)31-2)9-14(11-15)20(29)32-3/h9-12H,4-8,22H2,1-3H3,(H,23,24,25). The summed E-state index contributed by atoms with van der Waals surface area (Å²) in [6.07, 6.45) is 1.01. The maximum Gasteiger partial charge on any atom is 0.409 e. The van der Waals surface area contributed by atoms with E-state index in [1.54, 1.807) is 11.8 Å². The Balaban J connectivity index is 1.82. The van der Waals surface area contributed by atoms with E-state index in [4.69, 9.17) is 19.9 Å². The molecule has 1 amide bonds. The maximum atomic E-state index is 12.0. The van der Waals surface area contributed by atoms with Crippen LogP contribution in [0.5, 0.6) is 0 Å². The number of hydrogen-bond donors (Lipinski definition) is 2. The molecule has 33 heavy (non-hydrogen) atoms. The van der Waals surface area contributed by atoms with Gasteiger partial charge in [-0.05, 0) is 25.1 Å². The second-order valence-electron chi connectivity index (χ2n) is 7.04. The summed E-state index contributed by atoms with van der Waals surface area (Å²) in [4.78, 5) is 48.0. The molecule has 0 unspecified atom stereocenters. The number of methoxy groups -OCH3 is 2. The second-order valence-corrected chi connectivity index (χ2v) is 7.04. The molecule has 1 aliphatic rings. The lowest BCUT2D eigenvalue weighted by Gasteiger charge is -2.35. The van der Waals surface area contributed by atoms with Crippen LogP contribution in [0.15, 0.2) is 24.5 Å². The van der Waals surface area contributed by atoms with Crippen molar-refractivity contribution in [2.24, 2.45) is 0 Å². The minimum Gasteiger partial charge on any atom is -0.465 e. The van der Waals surface area contributed by atoms with E-state index in [2.05, 4.69) is 15.3 Å². The summed E-state index contributed by atoms with van der Waals surface area (Å²) < 4.78 is 14.6. The molecule has 3 rings (SSSR count). The SMILES string of the molecule is CCOC(=O)N1CCN(c2ncnc(Nc3cc(C(=O)OC)cc(C(=O)OC)c3)c2N)CC1. The van der Waals surface area contributed by atoms with Crippen molar-refractivity contribution >= 4 is 41.0 Å². The third-order valence-electron chi connectivity index (χ3n) is 5.01. The second kappa shape index (κ2) is 10.5. The minimum absolute atomic E-state index is 0.158. The molecule has 0 bridgehead atoms. The Kier molecular flexibility index (Phi) is 7.49. The largest absolute Gasteiger partial charge is 0.465 e. The first-order chi connectivity index (χ1) is 15.9. The highest BCUT2D eigenvalue weighted by Crippen LogP contribution is 2.30. The summed E-state index contributed by atoms with van der Waals surface area (Å²) in [6, 6.07) is 4.40. The molecule has 176 valence electrons. The molecule has 1 saturated heterocycles. The van der Waals surface area contributed by atoms with Gasteiger partial charge < -0.3 is 35.1 Å². The van der Waals surface area contributed by atoms with Gasteiger partial charge in [0.25, 0.3) is 0 Å². The zero-order chi connectivity index (χ0) is 24.0. The van der Waals surface area contributed by atoms with Crippen molar-refractivity contribution in [2.45, 2.75) is 6.92 Å². The molecule has 1 aromatic heterocycles. The highest BCUT2D eigenvalue weighted by Gasteiger charge is 2.25. The molecule has 2 aromatic rings. The van der Waals surface area contributed by atoms with Crippen LogP contribution in [-0.2, 0) is 14.2 Å². The van der Waals surface area contributed by atoms with Gasteiger partial charge in [0.05, 0.1) is 32.0 Å². The van der Waals surface area contributed by atoms with Gasteiger partial charge in [0.2, 0.25) is 0 Å². The van der Waals surface area contributed by atoms with Crippen LogP contribution in [-0.4, -0.2) is 79.9 Å². The number of hydrogen-bond acceptors (Lipinski definition) is 11. The lowest BCUT2D eigenvalue weighted by Crippen LogP contribution is -2.49. The quantitative estimate of drug-likeness (QED) is 0.480. The maximum absolute atomic E-state index is 12.0. The first-order valence-electron chi connectivity index (χ1n) is 10.2. The van der Waals surface area contributed by atoms with Crippen LogP contribution in [0.3, 0.4) is 0 Å². The number of nitrogens with zero attached hydrogens (tertiary/aromatic N) is 4. The Morgan fingerprint density at radius 3 is 2.15 bits per heavy atom. The molecule has 0 atom stereocenters. The highest BCUT2D eigenvalue weighted by molar-refractivity contribution is 5.97. The highest BCUT2D eigenvalue weighted by atomic mass is 16.6. The molecule has 0 saturated carbocycles. The number of ether oxygens (including phenoxy) is 3. The normalized spacial score (nSPS) is 13.3. The van der Waals surface area contributed by atoms with E-state index in [0.29, 0.717) is 50.1 Å². The number of carbonyl (C=O) groups is 3. The van der Waals surface area contributed by atoms with Gasteiger partial charge in [0, 0.05) is 31.9 Å². The van der Waals surface area contributed by atoms with Gasteiger partial charge in [0.1, 0.15) is 12.0 Å². The van der Waals surface area contributed by atoms with Crippen molar-refractivity contribution in [3.05, 3.63) is 35.7 Å². The average molecular weight is 458 g/mol. The number of piperazine rings is 1. The molecule has 1 fully saturated rings. The number of amides is 1. The molecule has 1 aromatic carbocycles. The number of esters is 2. The fraction of sp³-hybridized carbons (Fsp3) is 0.381. The van der Waals surface area contributed by atoms with Crippen LogP contribution >= 0.6 is 0 Å². The molecule has 2 heterocycles. The van der Waals surface area contributed by atoms with E-state index in [9.17, 15) is 14.4 Å². The summed E-state index contributed by atoms with van der Waals surface area (Å²) >= 11 is 0. The molecular formula is C21H26N6O6. The summed E-state index contributed by atoms with van der Waals surface area (Å²) in [7, 11) is 2.49. The molecule has 12 heteroatoms. The number of nitrogen functional groups attached to an aromatic ring is 1. The molecule has 3 N–H and O–H groups in total. The number of nitrogens with two attached hydrogens (primary N) is 1. The third kappa shape index (κ3) is 5.40. The van der Waals surface area contributed by atoms with E-state index in [-0.39, 0.29) is 22.9 Å². The summed E-state index contributed by atoms with van der Waals surface area (Å²) in [5.41, 5.74) is 7.32. The topological polar surface area (TPSA) is 149 Å². The number of rotatable bonds is 6. The zero-order valence-corrected chi connectivity index (χ0v) is 18.7. The first kappa shape index (κ1) is 23.6. The molecule has 0 radical (unpaired) electrons. The Labute approximate surface area is 190 Å².